The van der Waals surface area contributed by atoms with Gasteiger partial charge in [-0.2, -0.15) is 5.10 Å². The minimum atomic E-state index is -0.585. The van der Waals surface area contributed by atoms with Crippen LogP contribution in [0.15, 0.2) is 29.4 Å². The molecule has 0 fully saturated rings. The van der Waals surface area contributed by atoms with Gasteiger partial charge < -0.3 is 10.6 Å². The third kappa shape index (κ3) is 5.89. The van der Waals surface area contributed by atoms with Crippen molar-refractivity contribution in [2.45, 2.75) is 58.7 Å². The van der Waals surface area contributed by atoms with Gasteiger partial charge in [0.15, 0.2) is 5.96 Å². The molecular formula is C20H28F2IN5. The van der Waals surface area contributed by atoms with Crippen molar-refractivity contribution in [3.63, 3.8) is 0 Å². The first-order valence-corrected chi connectivity index (χ1v) is 9.51. The molecular weight excluding hydrogens is 475 g/mol. The van der Waals surface area contributed by atoms with Gasteiger partial charge in [-0.25, -0.2) is 13.8 Å². The first-order chi connectivity index (χ1) is 12.9. The quantitative estimate of drug-likeness (QED) is 0.369. The molecule has 5 nitrogen and oxygen atoms in total. The molecule has 0 bridgehead atoms. The van der Waals surface area contributed by atoms with Gasteiger partial charge in [-0.3, -0.25) is 4.68 Å². The van der Waals surface area contributed by atoms with Crippen molar-refractivity contribution in [3.8, 4) is 0 Å². The molecule has 2 N–H and O–H groups in total. The highest BCUT2D eigenvalue weighted by Gasteiger charge is 2.23. The highest BCUT2D eigenvalue weighted by molar-refractivity contribution is 14.0. The van der Waals surface area contributed by atoms with E-state index in [-0.39, 0.29) is 36.6 Å². The van der Waals surface area contributed by atoms with Crippen LogP contribution >= 0.6 is 24.0 Å². The van der Waals surface area contributed by atoms with Crippen LogP contribution in [-0.4, -0.2) is 28.3 Å². The Morgan fingerprint density at radius 3 is 2.64 bits per heavy atom. The van der Waals surface area contributed by atoms with Crippen LogP contribution in [0.5, 0.6) is 0 Å². The van der Waals surface area contributed by atoms with Crippen LogP contribution in [0.4, 0.5) is 8.78 Å². The summed E-state index contributed by atoms with van der Waals surface area (Å²) in [6.07, 6.45) is 4.96. The first-order valence-electron chi connectivity index (χ1n) is 9.51. The molecule has 1 aromatic heterocycles. The zero-order valence-corrected chi connectivity index (χ0v) is 18.8. The molecule has 1 atom stereocenters. The number of hydrogen-bond donors (Lipinski definition) is 2. The van der Waals surface area contributed by atoms with Crippen LogP contribution in [0.3, 0.4) is 0 Å². The van der Waals surface area contributed by atoms with Gasteiger partial charge in [-0.05, 0) is 56.9 Å². The maximum Gasteiger partial charge on any atom is 0.191 e. The third-order valence-electron chi connectivity index (χ3n) is 4.65. The zero-order chi connectivity index (χ0) is 19.4. The van der Waals surface area contributed by atoms with Gasteiger partial charge in [-0.15, -0.1) is 24.0 Å². The standard InChI is InChI=1S/C20H27F2N5.HI/c1-4-23-20(24-11-14-7-16(21)9-17(22)8-14)25-18-6-5-15-12-27(13(2)3)26-19(15)10-18;/h7-9,12-13,18H,4-6,10-11H2,1-3H3,(H2,23,24,25);1H. The fourth-order valence-corrected chi connectivity index (χ4v) is 3.29. The SMILES string of the molecule is CCNC(=NCc1cc(F)cc(F)c1)NC1CCc2cn(C(C)C)nc2C1.I. The van der Waals surface area contributed by atoms with E-state index in [4.69, 9.17) is 5.10 Å². The number of hydrogen-bond acceptors (Lipinski definition) is 2. The molecule has 0 spiro atoms. The molecule has 1 aliphatic carbocycles. The normalized spacial score (nSPS) is 16.5. The van der Waals surface area contributed by atoms with E-state index in [9.17, 15) is 8.78 Å². The summed E-state index contributed by atoms with van der Waals surface area (Å²) in [6, 6.07) is 4.07. The van der Waals surface area contributed by atoms with Crippen LogP contribution < -0.4 is 10.6 Å². The lowest BCUT2D eigenvalue weighted by atomic mass is 9.94. The Kier molecular flexibility index (Phi) is 8.21. The van der Waals surface area contributed by atoms with E-state index in [1.54, 1.807) is 0 Å². The molecule has 0 radical (unpaired) electrons. The molecule has 0 amide bonds. The minimum Gasteiger partial charge on any atom is -0.357 e. The fraction of sp³-hybridized carbons (Fsp3) is 0.500. The summed E-state index contributed by atoms with van der Waals surface area (Å²) in [4.78, 5) is 4.48. The van der Waals surface area contributed by atoms with E-state index in [0.717, 1.165) is 31.0 Å². The molecule has 0 saturated carbocycles. The number of benzene rings is 1. The second-order valence-electron chi connectivity index (χ2n) is 7.23. The highest BCUT2D eigenvalue weighted by Crippen LogP contribution is 2.21. The minimum absolute atomic E-state index is 0. The van der Waals surface area contributed by atoms with Gasteiger partial charge in [0.2, 0.25) is 0 Å². The maximum atomic E-state index is 13.3. The molecule has 28 heavy (non-hydrogen) atoms. The summed E-state index contributed by atoms with van der Waals surface area (Å²) in [7, 11) is 0. The number of halogens is 3. The number of fused-ring (bicyclic) bond motifs is 1. The monoisotopic (exact) mass is 503 g/mol. The maximum absolute atomic E-state index is 13.3. The number of aromatic nitrogens is 2. The van der Waals surface area contributed by atoms with E-state index in [1.165, 1.54) is 17.7 Å². The Labute approximate surface area is 182 Å². The molecule has 2 aromatic rings. The molecule has 154 valence electrons. The van der Waals surface area contributed by atoms with Crippen LogP contribution in [0.1, 0.15) is 50.1 Å². The molecule has 1 unspecified atom stereocenters. The number of aliphatic imine (C=N–C) groups is 1. The second-order valence-corrected chi connectivity index (χ2v) is 7.23. The Balaban J connectivity index is 0.00000280. The highest BCUT2D eigenvalue weighted by atomic mass is 127. The average Bonchev–Trinajstić information content (AvgIpc) is 3.03. The first kappa shape index (κ1) is 22.6. The van der Waals surface area contributed by atoms with E-state index >= 15 is 0 Å². The van der Waals surface area contributed by atoms with E-state index in [0.29, 0.717) is 24.1 Å². The molecule has 1 aromatic carbocycles. The molecule has 8 heteroatoms. The molecule has 1 aliphatic rings. The van der Waals surface area contributed by atoms with Gasteiger partial charge in [-0.1, -0.05) is 0 Å². The van der Waals surface area contributed by atoms with Crippen molar-refractivity contribution in [2.75, 3.05) is 6.54 Å². The Bertz CT molecular complexity index is 799. The van der Waals surface area contributed by atoms with Crippen molar-refractivity contribution >= 4 is 29.9 Å². The zero-order valence-electron chi connectivity index (χ0n) is 16.5. The van der Waals surface area contributed by atoms with Crippen molar-refractivity contribution < 1.29 is 8.78 Å². The van der Waals surface area contributed by atoms with E-state index in [2.05, 4.69) is 35.7 Å². The summed E-state index contributed by atoms with van der Waals surface area (Å²) in [5.74, 6) is -0.517. The van der Waals surface area contributed by atoms with Crippen LogP contribution in [0.2, 0.25) is 0 Å². The van der Waals surface area contributed by atoms with Crippen molar-refractivity contribution in [2.24, 2.45) is 4.99 Å². The summed E-state index contributed by atoms with van der Waals surface area (Å²) < 4.78 is 28.7. The molecule has 0 aliphatic heterocycles. The van der Waals surface area contributed by atoms with Gasteiger partial charge >= 0.3 is 0 Å². The number of nitrogens with zero attached hydrogens (tertiary/aromatic N) is 3. The number of nitrogens with one attached hydrogen (secondary N) is 2. The Morgan fingerprint density at radius 2 is 2.00 bits per heavy atom. The van der Waals surface area contributed by atoms with Gasteiger partial charge in [0.05, 0.1) is 12.2 Å². The predicted molar refractivity (Wildman–Crippen MR) is 118 cm³/mol. The third-order valence-corrected chi connectivity index (χ3v) is 4.65. The van der Waals surface area contributed by atoms with E-state index in [1.807, 2.05) is 11.6 Å². The summed E-state index contributed by atoms with van der Waals surface area (Å²) in [5.41, 5.74) is 2.96. The van der Waals surface area contributed by atoms with Crippen molar-refractivity contribution in [3.05, 3.63) is 52.9 Å². The number of aryl methyl sites for hydroxylation is 1. The fourth-order valence-electron chi connectivity index (χ4n) is 3.29. The summed E-state index contributed by atoms with van der Waals surface area (Å²) >= 11 is 0. The van der Waals surface area contributed by atoms with Gasteiger partial charge in [0.1, 0.15) is 11.6 Å². The molecule has 3 rings (SSSR count). The van der Waals surface area contributed by atoms with E-state index < -0.39 is 11.6 Å². The number of guanidine groups is 1. The predicted octanol–water partition coefficient (Wildman–Crippen LogP) is 3.97. The largest absolute Gasteiger partial charge is 0.357 e. The van der Waals surface area contributed by atoms with Crippen LogP contribution in [-0.2, 0) is 19.4 Å². The van der Waals surface area contributed by atoms with Crippen LogP contribution in [0.25, 0.3) is 0 Å². The van der Waals surface area contributed by atoms with Gasteiger partial charge in [0, 0.05) is 37.3 Å². The van der Waals surface area contributed by atoms with Crippen molar-refractivity contribution in [1.82, 2.24) is 20.4 Å². The Morgan fingerprint density at radius 1 is 1.29 bits per heavy atom. The summed E-state index contributed by atoms with van der Waals surface area (Å²) in [5, 5.41) is 11.3. The Hall–Kier alpha value is -1.71. The smallest absolute Gasteiger partial charge is 0.191 e. The van der Waals surface area contributed by atoms with Crippen molar-refractivity contribution in [1.29, 1.82) is 0 Å². The lowest BCUT2D eigenvalue weighted by Crippen LogP contribution is -2.45. The molecule has 0 saturated heterocycles. The second kappa shape index (κ2) is 10.2. The average molecular weight is 503 g/mol. The lowest BCUT2D eigenvalue weighted by Gasteiger charge is -2.24. The van der Waals surface area contributed by atoms with Gasteiger partial charge in [0.25, 0.3) is 0 Å². The molecule has 1 heterocycles. The summed E-state index contributed by atoms with van der Waals surface area (Å²) in [6.45, 7) is 7.16. The lowest BCUT2D eigenvalue weighted by molar-refractivity contribution is 0.499. The van der Waals surface area contributed by atoms with Crippen LogP contribution in [0, 0.1) is 11.6 Å². The topological polar surface area (TPSA) is 54.2 Å². The number of rotatable bonds is 5.